The van der Waals surface area contributed by atoms with E-state index in [1.807, 2.05) is 24.3 Å². The number of hydrogen-bond donors (Lipinski definition) is 0. The van der Waals surface area contributed by atoms with Crippen LogP contribution in [0.15, 0.2) is 38.7 Å². The van der Waals surface area contributed by atoms with Gasteiger partial charge in [0.25, 0.3) is 0 Å². The highest BCUT2D eigenvalue weighted by Gasteiger charge is 2.34. The van der Waals surface area contributed by atoms with Gasteiger partial charge in [0.05, 0.1) is 0 Å². The first-order valence-corrected chi connectivity index (χ1v) is 7.12. The molecule has 3 rings (SSSR count). The average Bonchev–Trinajstić information content (AvgIpc) is 2.82. The van der Waals surface area contributed by atoms with E-state index >= 15 is 0 Å². The summed E-state index contributed by atoms with van der Waals surface area (Å²) in [6, 6.07) is 7.04. The third kappa shape index (κ3) is 2.61. The van der Waals surface area contributed by atoms with Crippen LogP contribution < -0.4 is 0 Å². The maximum Gasteiger partial charge on any atom is 0.343 e. The topological polar surface area (TPSA) is 51.0 Å². The van der Waals surface area contributed by atoms with E-state index in [1.165, 1.54) is 0 Å². The van der Waals surface area contributed by atoms with Crippen LogP contribution in [0, 0.1) is 0 Å². The minimum atomic E-state index is -0.533. The molecule has 98 valence electrons. The van der Waals surface area contributed by atoms with E-state index in [-0.39, 0.29) is 5.97 Å². The molecule has 0 saturated heterocycles. The predicted octanol–water partition coefficient (Wildman–Crippen LogP) is 2.75. The Morgan fingerprint density at radius 1 is 1.32 bits per heavy atom. The third-order valence-corrected chi connectivity index (χ3v) is 3.70. The van der Waals surface area contributed by atoms with Crippen LogP contribution in [0.5, 0.6) is 0 Å². The lowest BCUT2D eigenvalue weighted by molar-refractivity contribution is -0.133. The maximum absolute atomic E-state index is 11.9. The van der Waals surface area contributed by atoms with E-state index in [4.69, 9.17) is 4.74 Å². The summed E-state index contributed by atoms with van der Waals surface area (Å²) in [4.78, 5) is 20.7. The van der Waals surface area contributed by atoms with Crippen LogP contribution in [0.2, 0.25) is 0 Å². The first kappa shape index (κ1) is 12.5. The third-order valence-electron chi connectivity index (χ3n) is 3.21. The summed E-state index contributed by atoms with van der Waals surface area (Å²) in [7, 11) is 0. The van der Waals surface area contributed by atoms with Gasteiger partial charge in [0.1, 0.15) is 0 Å². The van der Waals surface area contributed by atoms with Crippen molar-refractivity contribution < 1.29 is 9.53 Å². The molecule has 5 heteroatoms. The van der Waals surface area contributed by atoms with Gasteiger partial charge in [-0.3, -0.25) is 4.99 Å². The normalized spacial score (nSPS) is 22.8. The molecule has 2 aliphatic rings. The number of carbonyl (C=O) groups excluding carboxylic acids is 1. The molecule has 4 nitrogen and oxygen atoms in total. The molecule has 0 aliphatic carbocycles. The number of rotatable bonds is 2. The van der Waals surface area contributed by atoms with Gasteiger partial charge in [0.2, 0.25) is 5.90 Å². The second kappa shape index (κ2) is 5.25. The van der Waals surface area contributed by atoms with Crippen LogP contribution in [0.3, 0.4) is 0 Å². The number of esters is 1. The van der Waals surface area contributed by atoms with Crippen molar-refractivity contribution in [1.29, 1.82) is 0 Å². The lowest BCUT2D eigenvalue weighted by Crippen LogP contribution is -2.27. The second-order valence-corrected chi connectivity index (χ2v) is 5.51. The number of benzene rings is 1. The lowest BCUT2D eigenvalue weighted by Gasteiger charge is -2.12. The molecule has 0 aromatic heterocycles. The van der Waals surface area contributed by atoms with E-state index in [0.29, 0.717) is 5.90 Å². The zero-order chi connectivity index (χ0) is 13.2. The Kier molecular flexibility index (Phi) is 3.46. The molecule has 1 atom stereocenters. The smallest absolute Gasteiger partial charge is 0.343 e. The predicted molar refractivity (Wildman–Crippen MR) is 76.7 cm³/mol. The number of halogens is 1. The monoisotopic (exact) mass is 320 g/mol. The van der Waals surface area contributed by atoms with Gasteiger partial charge in [-0.25, -0.2) is 9.79 Å². The first-order chi connectivity index (χ1) is 9.24. The Morgan fingerprint density at radius 2 is 2.21 bits per heavy atom. The van der Waals surface area contributed by atoms with E-state index < -0.39 is 6.04 Å². The zero-order valence-electron chi connectivity index (χ0n) is 10.3. The van der Waals surface area contributed by atoms with Gasteiger partial charge in [0.15, 0.2) is 6.04 Å². The van der Waals surface area contributed by atoms with Crippen molar-refractivity contribution in [3.8, 4) is 0 Å². The van der Waals surface area contributed by atoms with Gasteiger partial charge < -0.3 is 4.74 Å². The van der Waals surface area contributed by atoms with E-state index in [2.05, 4.69) is 25.9 Å². The van der Waals surface area contributed by atoms with Crippen molar-refractivity contribution in [3.05, 3.63) is 34.3 Å². The molecule has 1 aromatic rings. The molecule has 0 bridgehead atoms. The highest BCUT2D eigenvalue weighted by Crippen LogP contribution is 2.20. The van der Waals surface area contributed by atoms with Crippen LogP contribution in [0.25, 0.3) is 0 Å². The lowest BCUT2D eigenvalue weighted by atomic mass is 10.0. The van der Waals surface area contributed by atoms with Gasteiger partial charge in [-0.05, 0) is 37.5 Å². The molecule has 0 saturated carbocycles. The van der Waals surface area contributed by atoms with Gasteiger partial charge in [-0.1, -0.05) is 22.0 Å². The Morgan fingerprint density at radius 3 is 2.95 bits per heavy atom. The Labute approximate surface area is 119 Å². The molecule has 19 heavy (non-hydrogen) atoms. The minimum Gasteiger partial charge on any atom is -0.405 e. The number of ether oxygens (including phenoxy) is 1. The summed E-state index contributed by atoms with van der Waals surface area (Å²) < 4.78 is 6.21. The molecule has 0 fully saturated rings. The number of hydrogen-bond acceptors (Lipinski definition) is 4. The Balaban J connectivity index is 1.88. The molecule has 0 radical (unpaired) electrons. The summed E-state index contributed by atoms with van der Waals surface area (Å²) in [6.45, 7) is 0.793. The van der Waals surface area contributed by atoms with Crippen molar-refractivity contribution in [2.45, 2.75) is 25.3 Å². The molecule has 0 N–H and O–H groups in total. The van der Waals surface area contributed by atoms with Crippen molar-refractivity contribution in [3.63, 3.8) is 0 Å². The largest absolute Gasteiger partial charge is 0.405 e. The van der Waals surface area contributed by atoms with Gasteiger partial charge in [-0.15, -0.1) is 0 Å². The van der Waals surface area contributed by atoms with E-state index in [9.17, 15) is 4.79 Å². The molecular formula is C14H13BrN2O2. The Bertz CT molecular complexity index is 581. The van der Waals surface area contributed by atoms with Gasteiger partial charge >= 0.3 is 5.97 Å². The average molecular weight is 321 g/mol. The molecule has 0 spiro atoms. The van der Waals surface area contributed by atoms with Crippen LogP contribution in [-0.4, -0.2) is 30.2 Å². The fraction of sp³-hybridized carbons (Fsp3) is 0.357. The summed E-state index contributed by atoms with van der Waals surface area (Å²) >= 11 is 3.40. The van der Waals surface area contributed by atoms with Crippen molar-refractivity contribution in [2.75, 3.05) is 6.54 Å². The molecule has 0 unspecified atom stereocenters. The maximum atomic E-state index is 11.9. The first-order valence-electron chi connectivity index (χ1n) is 6.33. The molecule has 2 aliphatic heterocycles. The van der Waals surface area contributed by atoms with Crippen molar-refractivity contribution in [1.82, 2.24) is 0 Å². The van der Waals surface area contributed by atoms with Gasteiger partial charge in [-0.2, -0.15) is 0 Å². The quantitative estimate of drug-likeness (QED) is 0.787. The van der Waals surface area contributed by atoms with Crippen LogP contribution >= 0.6 is 15.9 Å². The molecule has 0 amide bonds. The molecule has 2 heterocycles. The SMILES string of the molecule is O=C1OC(c2cccc(Br)c2)=N[C@@H]1C1=NCCCC1. The number of aliphatic imine (C=N–C) groups is 2. The van der Waals surface area contributed by atoms with Crippen LogP contribution in [0.1, 0.15) is 24.8 Å². The molecule has 1 aromatic carbocycles. The summed E-state index contributed by atoms with van der Waals surface area (Å²) in [5.41, 5.74) is 1.67. The summed E-state index contributed by atoms with van der Waals surface area (Å²) in [6.07, 6.45) is 3.01. The van der Waals surface area contributed by atoms with Crippen LogP contribution in [-0.2, 0) is 9.53 Å². The fourth-order valence-electron chi connectivity index (χ4n) is 2.26. The highest BCUT2D eigenvalue weighted by atomic mass is 79.9. The summed E-state index contributed by atoms with van der Waals surface area (Å²) in [5, 5.41) is 0. The minimum absolute atomic E-state index is 0.310. The zero-order valence-corrected chi connectivity index (χ0v) is 11.9. The van der Waals surface area contributed by atoms with E-state index in [1.54, 1.807) is 0 Å². The fourth-order valence-corrected chi connectivity index (χ4v) is 2.65. The van der Waals surface area contributed by atoms with Crippen molar-refractivity contribution in [2.24, 2.45) is 9.98 Å². The summed E-state index contributed by atoms with van der Waals surface area (Å²) in [5.74, 6) is 0.0835. The standard InChI is InChI=1S/C14H13BrN2O2/c15-10-5-3-4-9(8-10)13-17-12(14(18)19-13)11-6-1-2-7-16-11/h3-5,8,12H,1-2,6-7H2/t12-/m1/s1. The number of cyclic esters (lactones) is 1. The van der Waals surface area contributed by atoms with E-state index in [0.717, 1.165) is 41.6 Å². The number of nitrogens with zero attached hydrogens (tertiary/aromatic N) is 2. The van der Waals surface area contributed by atoms with Crippen LogP contribution in [0.4, 0.5) is 0 Å². The van der Waals surface area contributed by atoms with Gasteiger partial charge in [0, 0.05) is 22.3 Å². The van der Waals surface area contributed by atoms with Crippen molar-refractivity contribution >= 4 is 33.5 Å². The molecular weight excluding hydrogens is 308 g/mol. The second-order valence-electron chi connectivity index (χ2n) is 4.60. The number of carbonyl (C=O) groups is 1. The highest BCUT2D eigenvalue weighted by molar-refractivity contribution is 9.10. The Hall–Kier alpha value is -1.49.